The fourth-order valence-electron chi connectivity index (χ4n) is 3.91. The summed E-state index contributed by atoms with van der Waals surface area (Å²) in [6.07, 6.45) is 3.86. The van der Waals surface area contributed by atoms with Crippen molar-refractivity contribution in [2.45, 2.75) is 19.4 Å². The second-order valence-electron chi connectivity index (χ2n) is 7.58. The number of nitrogens with one attached hydrogen (secondary N) is 1. The molecule has 2 fully saturated rings. The van der Waals surface area contributed by atoms with Crippen LogP contribution in [-0.2, 0) is 11.3 Å². The number of amides is 3. The van der Waals surface area contributed by atoms with Crippen molar-refractivity contribution in [1.29, 1.82) is 0 Å². The van der Waals surface area contributed by atoms with Gasteiger partial charge >= 0.3 is 6.03 Å². The molecule has 2 aliphatic heterocycles. The molecule has 0 spiro atoms. The number of hydrogen-bond acceptors (Lipinski definition) is 5. The second-order valence-corrected chi connectivity index (χ2v) is 8.42. The SMILES string of the molecule is COc1cc(N2CCCC2)c(OC)cc1/C=C1\NC(=O)N(Cc2ccc(Cl)cc2Cl)C1=O. The molecule has 0 atom stereocenters. The van der Waals surface area contributed by atoms with Crippen LogP contribution in [0.25, 0.3) is 6.08 Å². The third-order valence-electron chi connectivity index (χ3n) is 5.58. The molecule has 2 aromatic carbocycles. The Morgan fingerprint density at radius 2 is 1.75 bits per heavy atom. The summed E-state index contributed by atoms with van der Waals surface area (Å²) in [4.78, 5) is 28.8. The Morgan fingerprint density at radius 3 is 2.41 bits per heavy atom. The van der Waals surface area contributed by atoms with Crippen LogP contribution in [0.4, 0.5) is 10.5 Å². The lowest BCUT2D eigenvalue weighted by Gasteiger charge is -2.22. The lowest BCUT2D eigenvalue weighted by atomic mass is 10.1. The number of urea groups is 1. The normalized spacial score (nSPS) is 17.3. The van der Waals surface area contributed by atoms with Crippen LogP contribution in [0.3, 0.4) is 0 Å². The van der Waals surface area contributed by atoms with Gasteiger partial charge in [0.1, 0.15) is 17.2 Å². The van der Waals surface area contributed by atoms with Gasteiger partial charge in [-0.1, -0.05) is 29.3 Å². The fourth-order valence-corrected chi connectivity index (χ4v) is 4.38. The van der Waals surface area contributed by atoms with E-state index in [0.29, 0.717) is 32.7 Å². The molecule has 0 radical (unpaired) electrons. The lowest BCUT2D eigenvalue weighted by molar-refractivity contribution is -0.123. The topological polar surface area (TPSA) is 71.1 Å². The zero-order valence-electron chi connectivity index (χ0n) is 17.8. The van der Waals surface area contributed by atoms with Gasteiger partial charge in [0.2, 0.25) is 0 Å². The zero-order valence-corrected chi connectivity index (χ0v) is 19.3. The standard InChI is InChI=1S/C23H23Cl2N3O4/c1-31-20-12-19(27-7-3-4-8-27)21(32-2)10-15(20)9-18-22(29)28(23(30)26-18)13-14-5-6-16(24)11-17(14)25/h5-6,9-12H,3-4,7-8,13H2,1-2H3,(H,26,30)/b18-9-. The van der Waals surface area contributed by atoms with E-state index in [4.69, 9.17) is 32.7 Å². The number of halogens is 2. The molecule has 0 saturated carbocycles. The number of hydrogen-bond donors (Lipinski definition) is 1. The summed E-state index contributed by atoms with van der Waals surface area (Å²) in [6, 6.07) is 8.13. The summed E-state index contributed by atoms with van der Waals surface area (Å²) < 4.78 is 11.2. The molecule has 2 aromatic rings. The first-order chi connectivity index (χ1) is 15.4. The first kappa shape index (κ1) is 22.3. The van der Waals surface area contributed by atoms with Crippen LogP contribution in [0.5, 0.6) is 11.5 Å². The summed E-state index contributed by atoms with van der Waals surface area (Å²) in [5.74, 6) is 0.813. The van der Waals surface area contributed by atoms with Crippen LogP contribution in [0.1, 0.15) is 24.0 Å². The van der Waals surface area contributed by atoms with E-state index in [-0.39, 0.29) is 12.2 Å². The van der Waals surface area contributed by atoms with Gasteiger partial charge in [-0.2, -0.15) is 0 Å². The van der Waals surface area contributed by atoms with E-state index >= 15 is 0 Å². The summed E-state index contributed by atoms with van der Waals surface area (Å²) in [5.41, 5.74) is 2.34. The minimum Gasteiger partial charge on any atom is -0.496 e. The highest BCUT2D eigenvalue weighted by atomic mass is 35.5. The Hall–Kier alpha value is -2.90. The van der Waals surface area contributed by atoms with Crippen molar-refractivity contribution in [3.8, 4) is 11.5 Å². The highest BCUT2D eigenvalue weighted by molar-refractivity contribution is 6.35. The van der Waals surface area contributed by atoms with Crippen LogP contribution in [0.2, 0.25) is 10.0 Å². The van der Waals surface area contributed by atoms with Crippen LogP contribution >= 0.6 is 23.2 Å². The number of carbonyl (C=O) groups is 2. The number of ether oxygens (including phenoxy) is 2. The van der Waals surface area contributed by atoms with Crippen LogP contribution in [0.15, 0.2) is 36.0 Å². The zero-order chi connectivity index (χ0) is 22.8. The predicted octanol–water partition coefficient (Wildman–Crippen LogP) is 4.70. The molecule has 2 aliphatic rings. The maximum absolute atomic E-state index is 13.0. The van der Waals surface area contributed by atoms with Crippen molar-refractivity contribution in [3.05, 3.63) is 57.2 Å². The highest BCUT2D eigenvalue weighted by Gasteiger charge is 2.34. The predicted molar refractivity (Wildman–Crippen MR) is 125 cm³/mol. The largest absolute Gasteiger partial charge is 0.496 e. The first-order valence-corrected chi connectivity index (χ1v) is 11.0. The fraction of sp³-hybridized carbons (Fsp3) is 0.304. The van der Waals surface area contributed by atoms with Crippen LogP contribution < -0.4 is 19.7 Å². The molecule has 9 heteroatoms. The number of nitrogens with zero attached hydrogens (tertiary/aromatic N) is 2. The van der Waals surface area contributed by atoms with E-state index in [9.17, 15) is 9.59 Å². The van der Waals surface area contributed by atoms with Crippen molar-refractivity contribution in [3.63, 3.8) is 0 Å². The lowest BCUT2D eigenvalue weighted by Crippen LogP contribution is -2.30. The molecular formula is C23H23Cl2N3O4. The maximum Gasteiger partial charge on any atom is 0.329 e. The van der Waals surface area contributed by atoms with Gasteiger partial charge in [0.25, 0.3) is 5.91 Å². The maximum atomic E-state index is 13.0. The highest BCUT2D eigenvalue weighted by Crippen LogP contribution is 2.38. The van der Waals surface area contributed by atoms with Crippen molar-refractivity contribution in [1.82, 2.24) is 10.2 Å². The number of methoxy groups -OCH3 is 2. The van der Waals surface area contributed by atoms with E-state index in [1.807, 2.05) is 12.1 Å². The van der Waals surface area contributed by atoms with E-state index < -0.39 is 11.9 Å². The number of carbonyl (C=O) groups excluding carboxylic acids is 2. The summed E-state index contributed by atoms with van der Waals surface area (Å²) in [7, 11) is 3.18. The first-order valence-electron chi connectivity index (χ1n) is 10.2. The molecule has 2 saturated heterocycles. The second kappa shape index (κ2) is 9.30. The average Bonchev–Trinajstić information content (AvgIpc) is 3.39. The van der Waals surface area contributed by atoms with Crippen molar-refractivity contribution in [2.24, 2.45) is 0 Å². The number of benzene rings is 2. The van der Waals surface area contributed by atoms with Crippen molar-refractivity contribution in [2.75, 3.05) is 32.2 Å². The molecule has 0 unspecified atom stereocenters. The van der Waals surface area contributed by atoms with Crippen molar-refractivity contribution >= 4 is 46.9 Å². The smallest absolute Gasteiger partial charge is 0.329 e. The molecule has 0 aliphatic carbocycles. The van der Waals surface area contributed by atoms with Gasteiger partial charge in [0, 0.05) is 34.8 Å². The van der Waals surface area contributed by atoms with E-state index in [0.717, 1.165) is 36.5 Å². The molecular weight excluding hydrogens is 453 g/mol. The number of rotatable bonds is 6. The quantitative estimate of drug-likeness (QED) is 0.484. The molecule has 32 heavy (non-hydrogen) atoms. The summed E-state index contributed by atoms with van der Waals surface area (Å²) >= 11 is 12.1. The summed E-state index contributed by atoms with van der Waals surface area (Å²) in [6.45, 7) is 1.94. The van der Waals surface area contributed by atoms with Crippen LogP contribution in [0, 0.1) is 0 Å². The van der Waals surface area contributed by atoms with Crippen molar-refractivity contribution < 1.29 is 19.1 Å². The van der Waals surface area contributed by atoms with Gasteiger partial charge in [-0.15, -0.1) is 0 Å². The summed E-state index contributed by atoms with van der Waals surface area (Å²) in [5, 5.41) is 3.50. The van der Waals surface area contributed by atoms with Gasteiger partial charge in [-0.25, -0.2) is 4.79 Å². The minimum absolute atomic E-state index is 0.0341. The number of anilines is 1. The number of imide groups is 1. The molecule has 0 aromatic heterocycles. The van der Waals surface area contributed by atoms with Crippen LogP contribution in [-0.4, -0.2) is 44.1 Å². The molecule has 1 N–H and O–H groups in total. The van der Waals surface area contributed by atoms with Gasteiger partial charge in [0.15, 0.2) is 0 Å². The Morgan fingerprint density at radius 1 is 1.03 bits per heavy atom. The minimum atomic E-state index is -0.521. The molecule has 0 bridgehead atoms. The monoisotopic (exact) mass is 475 g/mol. The Kier molecular flexibility index (Phi) is 6.48. The molecule has 3 amide bonds. The molecule has 168 valence electrons. The Labute approximate surface area is 196 Å². The third-order valence-corrected chi connectivity index (χ3v) is 6.17. The Bertz CT molecular complexity index is 1100. The molecule has 2 heterocycles. The Balaban J connectivity index is 1.63. The van der Waals surface area contributed by atoms with E-state index in [1.165, 1.54) is 0 Å². The van der Waals surface area contributed by atoms with Gasteiger partial charge in [-0.3, -0.25) is 9.69 Å². The van der Waals surface area contributed by atoms with E-state index in [2.05, 4.69) is 10.2 Å². The molecule has 7 nitrogen and oxygen atoms in total. The van der Waals surface area contributed by atoms with Gasteiger partial charge in [-0.05, 0) is 42.7 Å². The van der Waals surface area contributed by atoms with Gasteiger partial charge < -0.3 is 19.7 Å². The molecule has 4 rings (SSSR count). The third kappa shape index (κ3) is 4.36. The van der Waals surface area contributed by atoms with Gasteiger partial charge in [0.05, 0.1) is 26.5 Å². The van der Waals surface area contributed by atoms with E-state index in [1.54, 1.807) is 38.5 Å². The average molecular weight is 476 g/mol.